The summed E-state index contributed by atoms with van der Waals surface area (Å²) in [5, 5.41) is 13.3. The molecule has 4 nitrogen and oxygen atoms in total. The first-order valence-electron chi connectivity index (χ1n) is 7.37. The highest BCUT2D eigenvalue weighted by molar-refractivity contribution is 7.15. The zero-order chi connectivity index (χ0) is 13.5. The van der Waals surface area contributed by atoms with E-state index in [-0.39, 0.29) is 0 Å². The molecule has 2 N–H and O–H groups in total. The lowest BCUT2D eigenvalue weighted by molar-refractivity contribution is 0.211. The molecule has 0 spiro atoms. The summed E-state index contributed by atoms with van der Waals surface area (Å²) < 4.78 is 0. The highest BCUT2D eigenvalue weighted by Gasteiger charge is 2.24. The van der Waals surface area contributed by atoms with Crippen molar-refractivity contribution < 1.29 is 5.11 Å². The number of nitrogens with one attached hydrogen (secondary N) is 1. The number of nitrogens with zero attached hydrogens (tertiary/aromatic N) is 2. The van der Waals surface area contributed by atoms with E-state index in [1.807, 2.05) is 6.20 Å². The highest BCUT2D eigenvalue weighted by Crippen LogP contribution is 2.26. The van der Waals surface area contributed by atoms with Crippen LogP contribution in [-0.4, -0.2) is 40.7 Å². The Labute approximate surface area is 119 Å². The van der Waals surface area contributed by atoms with Crippen molar-refractivity contribution in [2.45, 2.75) is 51.6 Å². The highest BCUT2D eigenvalue weighted by atomic mass is 32.1. The lowest BCUT2D eigenvalue weighted by Crippen LogP contribution is -2.28. The van der Waals surface area contributed by atoms with E-state index in [0.717, 1.165) is 37.5 Å². The van der Waals surface area contributed by atoms with E-state index in [1.165, 1.54) is 24.3 Å². The number of hydrogen-bond acceptors (Lipinski definition) is 5. The molecule has 0 radical (unpaired) electrons. The lowest BCUT2D eigenvalue weighted by atomic mass is 10.1. The molecule has 0 aliphatic carbocycles. The fraction of sp³-hybridized carbons (Fsp3) is 0.786. The molecule has 0 amide bonds. The Balaban J connectivity index is 1.83. The minimum Gasteiger partial charge on any atom is -0.396 e. The number of thiazole rings is 1. The normalized spacial score (nSPS) is 20.0. The molecule has 0 bridgehead atoms. The number of anilines is 1. The van der Waals surface area contributed by atoms with Gasteiger partial charge in [-0.2, -0.15) is 0 Å². The first kappa shape index (κ1) is 14.8. The zero-order valence-corrected chi connectivity index (χ0v) is 12.6. The molecule has 1 atom stereocenters. The molecule has 1 saturated heterocycles. The van der Waals surface area contributed by atoms with Gasteiger partial charge in [-0.3, -0.25) is 4.90 Å². The fourth-order valence-electron chi connectivity index (χ4n) is 2.65. The van der Waals surface area contributed by atoms with Crippen LogP contribution in [-0.2, 0) is 6.54 Å². The maximum Gasteiger partial charge on any atom is 0.182 e. The molecule has 0 saturated carbocycles. The van der Waals surface area contributed by atoms with Crippen molar-refractivity contribution in [1.29, 1.82) is 0 Å². The number of aliphatic hydroxyl groups is 1. The molecule has 0 aromatic carbocycles. The smallest absolute Gasteiger partial charge is 0.182 e. The molecule has 108 valence electrons. The molecule has 19 heavy (non-hydrogen) atoms. The molecule has 5 heteroatoms. The van der Waals surface area contributed by atoms with Crippen molar-refractivity contribution in [1.82, 2.24) is 9.88 Å². The maximum absolute atomic E-state index is 8.95. The van der Waals surface area contributed by atoms with E-state index in [1.54, 1.807) is 11.3 Å². The molecule has 1 unspecified atom stereocenters. The van der Waals surface area contributed by atoms with E-state index in [0.29, 0.717) is 12.6 Å². The van der Waals surface area contributed by atoms with Gasteiger partial charge in [0.15, 0.2) is 5.13 Å². The summed E-state index contributed by atoms with van der Waals surface area (Å²) in [6.07, 6.45) is 7.74. The van der Waals surface area contributed by atoms with E-state index < -0.39 is 0 Å². The van der Waals surface area contributed by atoms with Gasteiger partial charge in [-0.15, -0.1) is 11.3 Å². The van der Waals surface area contributed by atoms with Crippen molar-refractivity contribution in [3.8, 4) is 0 Å². The number of rotatable bonds is 8. The van der Waals surface area contributed by atoms with Gasteiger partial charge >= 0.3 is 0 Å². The fourth-order valence-corrected chi connectivity index (χ4v) is 3.52. The molecule has 2 rings (SSSR count). The summed E-state index contributed by atoms with van der Waals surface area (Å²) in [5.41, 5.74) is 0. The van der Waals surface area contributed by atoms with Crippen LogP contribution in [0.5, 0.6) is 0 Å². The molecular weight excluding hydrogens is 258 g/mol. The minimum absolute atomic E-state index is 0.315. The molecule has 1 aliphatic rings. The molecule has 1 aromatic rings. The Morgan fingerprint density at radius 2 is 2.47 bits per heavy atom. The largest absolute Gasteiger partial charge is 0.396 e. The Kier molecular flexibility index (Phi) is 6.07. The van der Waals surface area contributed by atoms with Gasteiger partial charge in [-0.25, -0.2) is 4.98 Å². The van der Waals surface area contributed by atoms with Crippen LogP contribution < -0.4 is 5.32 Å². The van der Waals surface area contributed by atoms with Crippen molar-refractivity contribution >= 4 is 16.5 Å². The number of likely N-dealkylation sites (tertiary alicyclic amines) is 1. The van der Waals surface area contributed by atoms with Crippen molar-refractivity contribution in [2.24, 2.45) is 0 Å². The minimum atomic E-state index is 0.315. The topological polar surface area (TPSA) is 48.4 Å². The van der Waals surface area contributed by atoms with Crippen LogP contribution in [0.2, 0.25) is 0 Å². The number of hydrogen-bond donors (Lipinski definition) is 2. The lowest BCUT2D eigenvalue weighted by Gasteiger charge is -2.23. The molecule has 1 fully saturated rings. The number of aliphatic hydroxyl groups excluding tert-OH is 1. The average Bonchev–Trinajstić information content (AvgIpc) is 3.04. The van der Waals surface area contributed by atoms with Crippen LogP contribution >= 0.6 is 11.3 Å². The predicted octanol–water partition coefficient (Wildman–Crippen LogP) is 2.70. The van der Waals surface area contributed by atoms with Crippen LogP contribution in [0, 0.1) is 0 Å². The third kappa shape index (κ3) is 4.44. The van der Waals surface area contributed by atoms with Gasteiger partial charge in [0.05, 0.1) is 0 Å². The van der Waals surface area contributed by atoms with Gasteiger partial charge in [0.2, 0.25) is 0 Å². The van der Waals surface area contributed by atoms with Gasteiger partial charge in [0, 0.05) is 36.8 Å². The Morgan fingerprint density at radius 1 is 1.58 bits per heavy atom. The van der Waals surface area contributed by atoms with Crippen molar-refractivity contribution in [3.63, 3.8) is 0 Å². The SMILES string of the molecule is CCCNc1ncc(CN2CCCC2CCCO)s1. The second-order valence-corrected chi connectivity index (χ2v) is 6.31. The van der Waals surface area contributed by atoms with Gasteiger partial charge in [-0.1, -0.05) is 6.92 Å². The van der Waals surface area contributed by atoms with Gasteiger partial charge < -0.3 is 10.4 Å². The first-order valence-corrected chi connectivity index (χ1v) is 8.18. The van der Waals surface area contributed by atoms with Crippen LogP contribution in [0.1, 0.15) is 43.9 Å². The van der Waals surface area contributed by atoms with Crippen molar-refractivity contribution in [2.75, 3.05) is 25.0 Å². The van der Waals surface area contributed by atoms with E-state index in [2.05, 4.69) is 22.1 Å². The van der Waals surface area contributed by atoms with E-state index >= 15 is 0 Å². The Hall–Kier alpha value is -0.650. The van der Waals surface area contributed by atoms with Crippen LogP contribution in [0.15, 0.2) is 6.20 Å². The Bertz CT molecular complexity index is 369. The quantitative estimate of drug-likeness (QED) is 0.770. The second kappa shape index (κ2) is 7.82. The monoisotopic (exact) mass is 283 g/mol. The molecule has 1 aromatic heterocycles. The van der Waals surface area contributed by atoms with Crippen LogP contribution in [0.4, 0.5) is 5.13 Å². The molecule has 1 aliphatic heterocycles. The summed E-state index contributed by atoms with van der Waals surface area (Å²) in [4.78, 5) is 8.31. The first-order chi connectivity index (χ1) is 9.33. The van der Waals surface area contributed by atoms with Crippen molar-refractivity contribution in [3.05, 3.63) is 11.1 Å². The van der Waals surface area contributed by atoms with Gasteiger partial charge in [0.25, 0.3) is 0 Å². The third-order valence-electron chi connectivity index (χ3n) is 3.63. The number of aromatic nitrogens is 1. The maximum atomic E-state index is 8.95. The summed E-state index contributed by atoms with van der Waals surface area (Å²) >= 11 is 1.77. The summed E-state index contributed by atoms with van der Waals surface area (Å²) in [6.45, 7) is 5.68. The van der Waals surface area contributed by atoms with E-state index in [9.17, 15) is 0 Å². The van der Waals surface area contributed by atoms with Crippen LogP contribution in [0.3, 0.4) is 0 Å². The van der Waals surface area contributed by atoms with Gasteiger partial charge in [0.1, 0.15) is 0 Å². The average molecular weight is 283 g/mol. The second-order valence-electron chi connectivity index (χ2n) is 5.19. The molecule has 2 heterocycles. The van der Waals surface area contributed by atoms with Gasteiger partial charge in [-0.05, 0) is 38.6 Å². The Morgan fingerprint density at radius 3 is 3.26 bits per heavy atom. The standard InChI is InChI=1S/C14H25N3OS/c1-2-7-15-14-16-10-13(19-14)11-17-8-3-5-12(17)6-4-9-18/h10,12,18H,2-9,11H2,1H3,(H,15,16). The van der Waals surface area contributed by atoms with E-state index in [4.69, 9.17) is 5.11 Å². The predicted molar refractivity (Wildman–Crippen MR) is 80.6 cm³/mol. The summed E-state index contributed by atoms with van der Waals surface area (Å²) in [7, 11) is 0. The summed E-state index contributed by atoms with van der Waals surface area (Å²) in [6, 6.07) is 0.654. The zero-order valence-electron chi connectivity index (χ0n) is 11.8. The summed E-state index contributed by atoms with van der Waals surface area (Å²) in [5.74, 6) is 0. The molecular formula is C14H25N3OS. The third-order valence-corrected chi connectivity index (χ3v) is 4.57. The van der Waals surface area contributed by atoms with Crippen LogP contribution in [0.25, 0.3) is 0 Å².